The van der Waals surface area contributed by atoms with Crippen LogP contribution in [-0.4, -0.2) is 47.7 Å². The predicted octanol–water partition coefficient (Wildman–Crippen LogP) is 2.55. The molecule has 0 spiro atoms. The second kappa shape index (κ2) is 7.05. The first-order valence-corrected chi connectivity index (χ1v) is 10.9. The van der Waals surface area contributed by atoms with Crippen LogP contribution in [-0.2, 0) is 13.6 Å². The first-order chi connectivity index (χ1) is 14.8. The van der Waals surface area contributed by atoms with Crippen molar-refractivity contribution >= 4 is 16.8 Å². The average molecular weight is 421 g/mol. The van der Waals surface area contributed by atoms with Crippen LogP contribution < -0.4 is 5.56 Å². The van der Waals surface area contributed by atoms with Crippen LogP contribution in [0.5, 0.6) is 0 Å². The molecule has 2 atom stereocenters. The lowest BCUT2D eigenvalue weighted by atomic mass is 9.85. The second-order valence-electron chi connectivity index (χ2n) is 9.32. The van der Waals surface area contributed by atoms with Gasteiger partial charge in [-0.05, 0) is 63.3 Å². The van der Waals surface area contributed by atoms with Crippen molar-refractivity contribution in [2.24, 2.45) is 7.05 Å². The summed E-state index contributed by atoms with van der Waals surface area (Å²) in [5, 5.41) is 12.6. The minimum Gasteiger partial charge on any atom is -0.388 e. The standard InChI is InChI=1S/C24H28N4O3/c1-15-10-16(2)26(3)22(29)21(15)23(30)28-18-4-5-19(28)12-24(31,11-18)14-27-9-7-17-6-8-25-13-20(17)27/h6-10,13,18-19,31H,4-5,11-12,14H2,1-3H3. The van der Waals surface area contributed by atoms with E-state index in [4.69, 9.17) is 0 Å². The number of nitrogens with zero attached hydrogens (tertiary/aromatic N) is 4. The van der Waals surface area contributed by atoms with Gasteiger partial charge in [-0.3, -0.25) is 14.6 Å². The van der Waals surface area contributed by atoms with Gasteiger partial charge in [0.2, 0.25) is 0 Å². The Kier molecular flexibility index (Phi) is 4.55. The summed E-state index contributed by atoms with van der Waals surface area (Å²) in [5.41, 5.74) is 1.69. The molecular weight excluding hydrogens is 392 g/mol. The molecule has 0 saturated carbocycles. The van der Waals surface area contributed by atoms with E-state index in [1.807, 2.05) is 49.3 Å². The molecular formula is C24H28N4O3. The Hall–Kier alpha value is -2.93. The molecule has 1 N–H and O–H groups in total. The maximum Gasteiger partial charge on any atom is 0.263 e. The van der Waals surface area contributed by atoms with Gasteiger partial charge in [0.1, 0.15) is 5.56 Å². The first-order valence-electron chi connectivity index (χ1n) is 10.9. The molecule has 1 amide bonds. The number of fused-ring (bicyclic) bond motifs is 3. The molecule has 2 unspecified atom stereocenters. The summed E-state index contributed by atoms with van der Waals surface area (Å²) in [6.07, 6.45) is 8.32. The van der Waals surface area contributed by atoms with E-state index in [1.165, 1.54) is 4.57 Å². The van der Waals surface area contributed by atoms with Gasteiger partial charge >= 0.3 is 0 Å². The van der Waals surface area contributed by atoms with Crippen molar-refractivity contribution in [3.63, 3.8) is 0 Å². The van der Waals surface area contributed by atoms with Crippen molar-refractivity contribution < 1.29 is 9.90 Å². The maximum atomic E-state index is 13.5. The van der Waals surface area contributed by atoms with E-state index in [-0.39, 0.29) is 29.1 Å². The Bertz CT molecular complexity index is 1230. The van der Waals surface area contributed by atoms with Gasteiger partial charge in [-0.15, -0.1) is 0 Å². The second-order valence-corrected chi connectivity index (χ2v) is 9.32. The van der Waals surface area contributed by atoms with Gasteiger partial charge in [-0.25, -0.2) is 0 Å². The van der Waals surface area contributed by atoms with Crippen molar-refractivity contribution in [2.75, 3.05) is 0 Å². The number of hydrogen-bond acceptors (Lipinski definition) is 4. The monoisotopic (exact) mass is 420 g/mol. The summed E-state index contributed by atoms with van der Waals surface area (Å²) in [4.78, 5) is 32.4. The van der Waals surface area contributed by atoms with Gasteiger partial charge < -0.3 is 19.1 Å². The zero-order valence-electron chi connectivity index (χ0n) is 18.2. The number of aromatic nitrogens is 3. The summed E-state index contributed by atoms with van der Waals surface area (Å²) in [7, 11) is 1.70. The highest BCUT2D eigenvalue weighted by atomic mass is 16.3. The molecule has 2 bridgehead atoms. The highest BCUT2D eigenvalue weighted by Gasteiger charge is 2.50. The Morgan fingerprint density at radius 2 is 1.94 bits per heavy atom. The lowest BCUT2D eigenvalue weighted by molar-refractivity contribution is -0.0533. The van der Waals surface area contributed by atoms with Crippen LogP contribution in [0.2, 0.25) is 0 Å². The van der Waals surface area contributed by atoms with Crippen molar-refractivity contribution in [3.05, 3.63) is 64.0 Å². The number of amides is 1. The molecule has 2 saturated heterocycles. The third-order valence-electron chi connectivity index (χ3n) is 7.21. The van der Waals surface area contributed by atoms with Crippen LogP contribution in [0.3, 0.4) is 0 Å². The van der Waals surface area contributed by atoms with Crippen LogP contribution in [0.1, 0.15) is 47.3 Å². The summed E-state index contributed by atoms with van der Waals surface area (Å²) in [5.74, 6) is -0.191. The number of aryl methyl sites for hydroxylation is 2. The number of aliphatic hydroxyl groups is 1. The van der Waals surface area contributed by atoms with Gasteiger partial charge in [-0.2, -0.15) is 0 Å². The van der Waals surface area contributed by atoms with E-state index >= 15 is 0 Å². The van der Waals surface area contributed by atoms with Crippen LogP contribution in [0, 0.1) is 13.8 Å². The zero-order valence-corrected chi connectivity index (χ0v) is 18.2. The topological polar surface area (TPSA) is 80.4 Å². The van der Waals surface area contributed by atoms with Crippen molar-refractivity contribution in [3.8, 4) is 0 Å². The first kappa shape index (κ1) is 20.0. The number of rotatable bonds is 3. The summed E-state index contributed by atoms with van der Waals surface area (Å²) in [6, 6.07) is 5.78. The van der Waals surface area contributed by atoms with Crippen molar-refractivity contribution in [1.82, 2.24) is 19.0 Å². The molecule has 3 aromatic rings. The average Bonchev–Trinajstić information content (AvgIpc) is 3.25. The SMILES string of the molecule is Cc1cc(C)n(C)c(=O)c1C(=O)N1C2CCC1CC(O)(Cn1ccc3ccncc31)C2. The van der Waals surface area contributed by atoms with Gasteiger partial charge in [0.15, 0.2) is 0 Å². The highest BCUT2D eigenvalue weighted by Crippen LogP contribution is 2.42. The lowest BCUT2D eigenvalue weighted by Gasteiger charge is -2.44. The van der Waals surface area contributed by atoms with Crippen LogP contribution in [0.4, 0.5) is 0 Å². The van der Waals surface area contributed by atoms with Gasteiger partial charge in [0.05, 0.1) is 23.9 Å². The van der Waals surface area contributed by atoms with E-state index in [1.54, 1.807) is 13.2 Å². The van der Waals surface area contributed by atoms with E-state index < -0.39 is 5.60 Å². The number of pyridine rings is 2. The Labute approximate surface area is 180 Å². The van der Waals surface area contributed by atoms with Gasteiger partial charge in [-0.1, -0.05) is 0 Å². The summed E-state index contributed by atoms with van der Waals surface area (Å²) < 4.78 is 3.59. The maximum absolute atomic E-state index is 13.5. The third kappa shape index (κ3) is 3.19. The largest absolute Gasteiger partial charge is 0.388 e. The fourth-order valence-corrected chi connectivity index (χ4v) is 5.63. The number of hydrogen-bond donors (Lipinski definition) is 1. The number of carbonyl (C=O) groups is 1. The fraction of sp³-hybridized carbons (Fsp3) is 0.458. The Balaban J connectivity index is 1.42. The Morgan fingerprint density at radius 1 is 1.23 bits per heavy atom. The van der Waals surface area contributed by atoms with E-state index in [2.05, 4.69) is 9.55 Å². The molecule has 5 rings (SSSR count). The van der Waals surface area contributed by atoms with Crippen LogP contribution in [0.15, 0.2) is 41.6 Å². The highest BCUT2D eigenvalue weighted by molar-refractivity contribution is 5.96. The number of carbonyl (C=O) groups excluding carboxylic acids is 1. The smallest absolute Gasteiger partial charge is 0.263 e. The zero-order chi connectivity index (χ0) is 21.9. The molecule has 7 nitrogen and oxygen atoms in total. The predicted molar refractivity (Wildman–Crippen MR) is 118 cm³/mol. The summed E-state index contributed by atoms with van der Waals surface area (Å²) >= 11 is 0. The molecule has 2 aliphatic heterocycles. The van der Waals surface area contributed by atoms with Gasteiger partial charge in [0, 0.05) is 42.6 Å². The van der Waals surface area contributed by atoms with Crippen LogP contribution in [0.25, 0.3) is 10.9 Å². The van der Waals surface area contributed by atoms with E-state index in [0.717, 1.165) is 35.0 Å². The third-order valence-corrected chi connectivity index (χ3v) is 7.21. The molecule has 3 aromatic heterocycles. The van der Waals surface area contributed by atoms with Crippen LogP contribution >= 0.6 is 0 Å². The van der Waals surface area contributed by atoms with E-state index in [0.29, 0.717) is 19.4 Å². The molecule has 31 heavy (non-hydrogen) atoms. The number of piperidine rings is 1. The van der Waals surface area contributed by atoms with Gasteiger partial charge in [0.25, 0.3) is 11.5 Å². The quantitative estimate of drug-likeness (QED) is 0.706. The van der Waals surface area contributed by atoms with Crippen molar-refractivity contribution in [2.45, 2.75) is 63.8 Å². The minimum absolute atomic E-state index is 0.0541. The fourth-order valence-electron chi connectivity index (χ4n) is 5.63. The molecule has 0 aromatic carbocycles. The molecule has 0 radical (unpaired) electrons. The molecule has 2 fully saturated rings. The lowest BCUT2D eigenvalue weighted by Crippen LogP contribution is -2.55. The summed E-state index contributed by atoms with van der Waals surface area (Å²) in [6.45, 7) is 4.17. The minimum atomic E-state index is -0.891. The molecule has 7 heteroatoms. The molecule has 2 aliphatic rings. The molecule has 5 heterocycles. The van der Waals surface area contributed by atoms with E-state index in [9.17, 15) is 14.7 Å². The normalized spacial score (nSPS) is 25.4. The Morgan fingerprint density at radius 3 is 2.65 bits per heavy atom. The molecule has 162 valence electrons. The van der Waals surface area contributed by atoms with Crippen molar-refractivity contribution in [1.29, 1.82) is 0 Å². The molecule has 0 aliphatic carbocycles.